The first-order valence-electron chi connectivity index (χ1n) is 5.14. The van der Waals surface area contributed by atoms with E-state index < -0.39 is 0 Å². The van der Waals surface area contributed by atoms with Gasteiger partial charge in [-0.2, -0.15) is 0 Å². The Balaban J connectivity index is 1.89. The highest BCUT2D eigenvalue weighted by molar-refractivity contribution is 6.30. The molecule has 0 unspecified atom stereocenters. The van der Waals surface area contributed by atoms with Gasteiger partial charge in [0.2, 0.25) is 0 Å². The van der Waals surface area contributed by atoms with Crippen LogP contribution in [0.4, 0.5) is 0 Å². The molecule has 2 rings (SSSR count). The van der Waals surface area contributed by atoms with Gasteiger partial charge in [-0.05, 0) is 37.0 Å². The molecular weight excluding hydrogens is 196 g/mol. The van der Waals surface area contributed by atoms with Crippen LogP contribution in [0.5, 0.6) is 5.75 Å². The van der Waals surface area contributed by atoms with Gasteiger partial charge in [0.25, 0.3) is 0 Å². The van der Waals surface area contributed by atoms with Crippen molar-refractivity contribution in [3.8, 4) is 5.75 Å². The summed E-state index contributed by atoms with van der Waals surface area (Å²) in [5.41, 5.74) is 1.16. The number of hydrogen-bond donors (Lipinski definition) is 0. The van der Waals surface area contributed by atoms with Crippen molar-refractivity contribution in [3.63, 3.8) is 0 Å². The molecule has 0 atom stereocenters. The summed E-state index contributed by atoms with van der Waals surface area (Å²) in [6, 6.07) is 5.78. The van der Waals surface area contributed by atoms with Crippen LogP contribution in [0.2, 0.25) is 5.02 Å². The Bertz CT molecular complexity index is 318. The first kappa shape index (κ1) is 9.85. The normalized spacial score (nSPS) is 15.6. The van der Waals surface area contributed by atoms with Crippen molar-refractivity contribution in [1.82, 2.24) is 0 Å². The quantitative estimate of drug-likeness (QED) is 0.734. The summed E-state index contributed by atoms with van der Waals surface area (Å²) in [6.45, 7) is 2.87. The zero-order chi connectivity index (χ0) is 9.97. The van der Waals surface area contributed by atoms with Gasteiger partial charge in [0.1, 0.15) is 5.75 Å². The molecule has 76 valence electrons. The minimum Gasteiger partial charge on any atom is -0.493 e. The van der Waals surface area contributed by atoms with Gasteiger partial charge in [0.15, 0.2) is 0 Å². The second-order valence-electron chi connectivity index (χ2n) is 3.99. The van der Waals surface area contributed by atoms with Crippen molar-refractivity contribution in [3.05, 3.63) is 28.8 Å². The van der Waals surface area contributed by atoms with Gasteiger partial charge < -0.3 is 4.74 Å². The Hall–Kier alpha value is -0.690. The summed E-state index contributed by atoms with van der Waals surface area (Å²) in [5.74, 6) is 1.85. The molecule has 1 aromatic carbocycles. The lowest BCUT2D eigenvalue weighted by molar-refractivity contribution is 0.300. The fraction of sp³-hybridized carbons (Fsp3) is 0.500. The average Bonchev–Trinajstić information content (AvgIpc) is 2.95. The zero-order valence-electron chi connectivity index (χ0n) is 8.42. The van der Waals surface area contributed by atoms with Crippen LogP contribution in [-0.4, -0.2) is 6.61 Å². The van der Waals surface area contributed by atoms with Gasteiger partial charge >= 0.3 is 0 Å². The smallest absolute Gasteiger partial charge is 0.123 e. The van der Waals surface area contributed by atoms with Gasteiger partial charge in [0.05, 0.1) is 6.61 Å². The van der Waals surface area contributed by atoms with Crippen LogP contribution in [-0.2, 0) is 0 Å². The lowest BCUT2D eigenvalue weighted by Gasteiger charge is -2.08. The van der Waals surface area contributed by atoms with Crippen LogP contribution < -0.4 is 4.74 Å². The monoisotopic (exact) mass is 210 g/mol. The van der Waals surface area contributed by atoms with Gasteiger partial charge in [-0.25, -0.2) is 0 Å². The van der Waals surface area contributed by atoms with E-state index in [0.29, 0.717) is 0 Å². The molecule has 0 aromatic heterocycles. The molecule has 1 nitrogen and oxygen atoms in total. The Morgan fingerprint density at radius 1 is 1.43 bits per heavy atom. The van der Waals surface area contributed by atoms with Crippen LogP contribution in [0.3, 0.4) is 0 Å². The van der Waals surface area contributed by atoms with E-state index >= 15 is 0 Å². The summed E-state index contributed by atoms with van der Waals surface area (Å²) in [4.78, 5) is 0. The van der Waals surface area contributed by atoms with E-state index in [1.807, 2.05) is 25.1 Å². The van der Waals surface area contributed by atoms with Crippen LogP contribution >= 0.6 is 11.6 Å². The maximum atomic E-state index is 5.89. The molecule has 0 spiro atoms. The van der Waals surface area contributed by atoms with Gasteiger partial charge in [-0.3, -0.25) is 0 Å². The predicted octanol–water partition coefficient (Wildman–Crippen LogP) is 3.83. The van der Waals surface area contributed by atoms with Crippen molar-refractivity contribution in [1.29, 1.82) is 0 Å². The molecule has 1 saturated carbocycles. The van der Waals surface area contributed by atoms with Crippen LogP contribution in [0.15, 0.2) is 18.2 Å². The first-order valence-corrected chi connectivity index (χ1v) is 5.52. The maximum Gasteiger partial charge on any atom is 0.123 e. The van der Waals surface area contributed by atoms with Gasteiger partial charge in [0, 0.05) is 5.02 Å². The number of benzene rings is 1. The first-order chi connectivity index (χ1) is 6.75. The Labute approximate surface area is 90.0 Å². The molecular formula is C12H15ClO. The van der Waals surface area contributed by atoms with Crippen molar-refractivity contribution < 1.29 is 4.74 Å². The maximum absolute atomic E-state index is 5.89. The largest absolute Gasteiger partial charge is 0.493 e. The molecule has 0 aliphatic heterocycles. The standard InChI is InChI=1S/C12H15ClO/c1-9-2-5-11(13)8-12(9)14-7-6-10-3-4-10/h2,5,8,10H,3-4,6-7H2,1H3. The number of hydrogen-bond acceptors (Lipinski definition) is 1. The molecule has 1 aliphatic rings. The fourth-order valence-electron chi connectivity index (χ4n) is 1.47. The molecule has 0 bridgehead atoms. The van der Waals surface area contributed by atoms with E-state index in [9.17, 15) is 0 Å². The molecule has 1 fully saturated rings. The lowest BCUT2D eigenvalue weighted by Crippen LogP contribution is -1.99. The topological polar surface area (TPSA) is 9.23 Å². The molecule has 0 amide bonds. The molecule has 0 saturated heterocycles. The summed E-state index contributed by atoms with van der Waals surface area (Å²) >= 11 is 5.89. The van der Waals surface area contributed by atoms with E-state index in [-0.39, 0.29) is 0 Å². The Kier molecular flexibility index (Phi) is 2.97. The van der Waals surface area contributed by atoms with E-state index in [0.717, 1.165) is 28.9 Å². The number of aryl methyl sites for hydroxylation is 1. The highest BCUT2D eigenvalue weighted by Gasteiger charge is 2.20. The number of ether oxygens (including phenoxy) is 1. The van der Waals surface area contributed by atoms with E-state index in [4.69, 9.17) is 16.3 Å². The minimum absolute atomic E-state index is 0.747. The SMILES string of the molecule is Cc1ccc(Cl)cc1OCCC1CC1. The lowest BCUT2D eigenvalue weighted by atomic mass is 10.2. The van der Waals surface area contributed by atoms with Crippen LogP contribution in [0.1, 0.15) is 24.8 Å². The average molecular weight is 211 g/mol. The summed E-state index contributed by atoms with van der Waals surface area (Å²) in [5, 5.41) is 0.747. The van der Waals surface area contributed by atoms with Crippen molar-refractivity contribution in [2.45, 2.75) is 26.2 Å². The fourth-order valence-corrected chi connectivity index (χ4v) is 1.63. The molecule has 0 radical (unpaired) electrons. The predicted molar refractivity (Wildman–Crippen MR) is 59.0 cm³/mol. The van der Waals surface area contributed by atoms with Crippen LogP contribution in [0, 0.1) is 12.8 Å². The van der Waals surface area contributed by atoms with Crippen molar-refractivity contribution in [2.24, 2.45) is 5.92 Å². The summed E-state index contributed by atoms with van der Waals surface area (Å²) in [7, 11) is 0. The second kappa shape index (κ2) is 4.22. The number of halogens is 1. The van der Waals surface area contributed by atoms with Crippen LogP contribution in [0.25, 0.3) is 0 Å². The van der Waals surface area contributed by atoms with Gasteiger partial charge in [-0.15, -0.1) is 0 Å². The Morgan fingerprint density at radius 2 is 2.21 bits per heavy atom. The van der Waals surface area contributed by atoms with Crippen molar-refractivity contribution in [2.75, 3.05) is 6.61 Å². The molecule has 0 N–H and O–H groups in total. The van der Waals surface area contributed by atoms with Gasteiger partial charge in [-0.1, -0.05) is 30.5 Å². The van der Waals surface area contributed by atoms with Crippen molar-refractivity contribution >= 4 is 11.6 Å². The third-order valence-electron chi connectivity index (χ3n) is 2.63. The third-order valence-corrected chi connectivity index (χ3v) is 2.87. The molecule has 0 heterocycles. The van der Waals surface area contributed by atoms with E-state index in [2.05, 4.69) is 0 Å². The highest BCUT2D eigenvalue weighted by Crippen LogP contribution is 2.32. The minimum atomic E-state index is 0.747. The number of rotatable bonds is 4. The molecule has 14 heavy (non-hydrogen) atoms. The molecule has 2 heteroatoms. The third kappa shape index (κ3) is 2.65. The second-order valence-corrected chi connectivity index (χ2v) is 4.43. The summed E-state index contributed by atoms with van der Waals surface area (Å²) < 4.78 is 5.68. The highest BCUT2D eigenvalue weighted by atomic mass is 35.5. The Morgan fingerprint density at radius 3 is 2.93 bits per heavy atom. The van der Waals surface area contributed by atoms with E-state index in [1.165, 1.54) is 19.3 Å². The van der Waals surface area contributed by atoms with E-state index in [1.54, 1.807) is 0 Å². The zero-order valence-corrected chi connectivity index (χ0v) is 9.18. The summed E-state index contributed by atoms with van der Waals surface area (Å²) in [6.07, 6.45) is 3.96. The molecule has 1 aromatic rings. The molecule has 1 aliphatic carbocycles.